The molecule has 0 bridgehead atoms. The van der Waals surface area contributed by atoms with Crippen LogP contribution in [0.25, 0.3) is 6.08 Å². The predicted molar refractivity (Wildman–Crippen MR) is 104 cm³/mol. The van der Waals surface area contributed by atoms with Gasteiger partial charge in [-0.05, 0) is 48.0 Å². The molecule has 0 radical (unpaired) electrons. The number of benzene rings is 3. The van der Waals surface area contributed by atoms with E-state index >= 15 is 0 Å². The molecule has 3 aromatic rings. The van der Waals surface area contributed by atoms with Crippen LogP contribution in [0.15, 0.2) is 94.7 Å². The summed E-state index contributed by atoms with van der Waals surface area (Å²) in [4.78, 5) is 11.3. The van der Waals surface area contributed by atoms with Gasteiger partial charge in [-0.25, -0.2) is 8.42 Å². The maximum atomic E-state index is 12.8. The van der Waals surface area contributed by atoms with Crippen molar-refractivity contribution in [2.24, 2.45) is 5.73 Å². The molecule has 136 valence electrons. The lowest BCUT2D eigenvalue weighted by molar-refractivity contribution is -0.113. The SMILES string of the molecule is NC(=O)C(=Cc1ccccc1)S(=O)(=O)c1ccc(Oc2ccccc2)cc1. The third-order valence-corrected chi connectivity index (χ3v) is 5.53. The quantitative estimate of drug-likeness (QED) is 0.661. The molecular weight excluding hydrogens is 362 g/mol. The molecule has 0 fully saturated rings. The Labute approximate surface area is 157 Å². The highest BCUT2D eigenvalue weighted by molar-refractivity contribution is 7.96. The van der Waals surface area contributed by atoms with Gasteiger partial charge in [0.1, 0.15) is 16.4 Å². The lowest BCUT2D eigenvalue weighted by atomic mass is 10.2. The summed E-state index contributed by atoms with van der Waals surface area (Å²) in [6.45, 7) is 0. The smallest absolute Gasteiger partial charge is 0.260 e. The molecule has 0 aliphatic heterocycles. The highest BCUT2D eigenvalue weighted by Gasteiger charge is 2.25. The molecular formula is C21H17NO4S. The van der Waals surface area contributed by atoms with Crippen LogP contribution in [0.2, 0.25) is 0 Å². The number of hydrogen-bond acceptors (Lipinski definition) is 4. The average molecular weight is 379 g/mol. The largest absolute Gasteiger partial charge is 0.457 e. The van der Waals surface area contributed by atoms with Gasteiger partial charge in [0.2, 0.25) is 9.84 Å². The minimum absolute atomic E-state index is 0.0381. The molecule has 0 saturated carbocycles. The summed E-state index contributed by atoms with van der Waals surface area (Å²) >= 11 is 0. The number of para-hydroxylation sites is 1. The Balaban J connectivity index is 1.91. The molecule has 0 saturated heterocycles. The normalized spacial score (nSPS) is 11.8. The van der Waals surface area contributed by atoms with E-state index in [9.17, 15) is 13.2 Å². The first-order chi connectivity index (χ1) is 13.0. The van der Waals surface area contributed by atoms with E-state index in [4.69, 9.17) is 10.5 Å². The first-order valence-corrected chi connectivity index (χ1v) is 9.60. The van der Waals surface area contributed by atoms with E-state index in [0.29, 0.717) is 17.1 Å². The topological polar surface area (TPSA) is 86.5 Å². The van der Waals surface area contributed by atoms with Crippen molar-refractivity contribution in [1.82, 2.24) is 0 Å². The molecule has 3 rings (SSSR count). The van der Waals surface area contributed by atoms with Crippen LogP contribution < -0.4 is 10.5 Å². The molecule has 3 aromatic carbocycles. The van der Waals surface area contributed by atoms with E-state index < -0.39 is 20.6 Å². The maximum Gasteiger partial charge on any atom is 0.260 e. The lowest BCUT2D eigenvalue weighted by Crippen LogP contribution is -2.21. The van der Waals surface area contributed by atoms with Gasteiger partial charge in [0, 0.05) is 0 Å². The second-order valence-electron chi connectivity index (χ2n) is 5.67. The fraction of sp³-hybridized carbons (Fsp3) is 0. The van der Waals surface area contributed by atoms with E-state index in [2.05, 4.69) is 0 Å². The number of hydrogen-bond donors (Lipinski definition) is 1. The summed E-state index contributed by atoms with van der Waals surface area (Å²) in [6, 6.07) is 23.6. The van der Waals surface area contributed by atoms with Crippen LogP contribution in [0.4, 0.5) is 0 Å². The van der Waals surface area contributed by atoms with Crippen LogP contribution in [0.3, 0.4) is 0 Å². The van der Waals surface area contributed by atoms with Gasteiger partial charge in [0.15, 0.2) is 0 Å². The van der Waals surface area contributed by atoms with Crippen LogP contribution in [-0.4, -0.2) is 14.3 Å². The number of ether oxygens (including phenoxy) is 1. The van der Waals surface area contributed by atoms with Crippen LogP contribution in [0.1, 0.15) is 5.56 Å². The molecule has 0 aromatic heterocycles. The zero-order chi connectivity index (χ0) is 19.3. The minimum Gasteiger partial charge on any atom is -0.457 e. The number of carbonyl (C=O) groups is 1. The Hall–Kier alpha value is -3.38. The Bertz CT molecular complexity index is 1060. The molecule has 0 unspecified atom stereocenters. The first kappa shape index (κ1) is 18.4. The van der Waals surface area contributed by atoms with E-state index in [1.54, 1.807) is 42.5 Å². The average Bonchev–Trinajstić information content (AvgIpc) is 2.68. The number of carbonyl (C=O) groups excluding carboxylic acids is 1. The minimum atomic E-state index is -4.06. The van der Waals surface area contributed by atoms with Crippen molar-refractivity contribution in [2.75, 3.05) is 0 Å². The van der Waals surface area contributed by atoms with Crippen molar-refractivity contribution < 1.29 is 17.9 Å². The molecule has 0 aliphatic carbocycles. The van der Waals surface area contributed by atoms with E-state index in [-0.39, 0.29) is 4.90 Å². The number of nitrogens with two attached hydrogens (primary N) is 1. The van der Waals surface area contributed by atoms with Gasteiger partial charge in [-0.3, -0.25) is 4.79 Å². The van der Waals surface area contributed by atoms with Gasteiger partial charge in [-0.15, -0.1) is 0 Å². The molecule has 0 heterocycles. The highest BCUT2D eigenvalue weighted by atomic mass is 32.2. The Morgan fingerprint density at radius 1 is 0.778 bits per heavy atom. The van der Waals surface area contributed by atoms with Crippen LogP contribution in [-0.2, 0) is 14.6 Å². The fourth-order valence-corrected chi connectivity index (χ4v) is 3.72. The standard InChI is InChI=1S/C21H17NO4S/c22-21(23)20(15-16-7-3-1-4-8-16)27(24,25)19-13-11-18(12-14-19)26-17-9-5-2-6-10-17/h1-15H,(H2,22,23). The summed E-state index contributed by atoms with van der Waals surface area (Å²) in [5.41, 5.74) is 5.90. The molecule has 0 spiro atoms. The van der Waals surface area contributed by atoms with Crippen LogP contribution in [0, 0.1) is 0 Å². The van der Waals surface area contributed by atoms with Gasteiger partial charge in [-0.1, -0.05) is 48.5 Å². The van der Waals surface area contributed by atoms with Crippen LogP contribution >= 0.6 is 0 Å². The van der Waals surface area contributed by atoms with Crippen molar-refractivity contribution in [3.05, 3.63) is 95.4 Å². The third-order valence-electron chi connectivity index (χ3n) is 3.74. The van der Waals surface area contributed by atoms with Crippen LogP contribution in [0.5, 0.6) is 11.5 Å². The monoisotopic (exact) mass is 379 g/mol. The molecule has 0 aliphatic rings. The summed E-state index contributed by atoms with van der Waals surface area (Å²) in [5.74, 6) is 0.103. The van der Waals surface area contributed by atoms with Crippen molar-refractivity contribution in [1.29, 1.82) is 0 Å². The van der Waals surface area contributed by atoms with Gasteiger partial charge in [0.05, 0.1) is 4.90 Å². The molecule has 6 heteroatoms. The van der Waals surface area contributed by atoms with Crippen molar-refractivity contribution in [3.63, 3.8) is 0 Å². The first-order valence-electron chi connectivity index (χ1n) is 8.11. The van der Waals surface area contributed by atoms with E-state index in [0.717, 1.165) is 0 Å². The van der Waals surface area contributed by atoms with Gasteiger partial charge in [0.25, 0.3) is 5.91 Å². The molecule has 5 nitrogen and oxygen atoms in total. The van der Waals surface area contributed by atoms with E-state index in [1.165, 1.54) is 30.3 Å². The van der Waals surface area contributed by atoms with Crippen molar-refractivity contribution in [3.8, 4) is 11.5 Å². The Kier molecular flexibility index (Phi) is 5.38. The molecule has 2 N–H and O–H groups in total. The number of amides is 1. The maximum absolute atomic E-state index is 12.8. The van der Waals surface area contributed by atoms with Gasteiger partial charge in [-0.2, -0.15) is 0 Å². The van der Waals surface area contributed by atoms with E-state index in [1.807, 2.05) is 18.2 Å². The second kappa shape index (κ2) is 7.88. The summed E-state index contributed by atoms with van der Waals surface area (Å²) in [5, 5.41) is 0. The zero-order valence-electron chi connectivity index (χ0n) is 14.3. The second-order valence-corrected chi connectivity index (χ2v) is 7.59. The lowest BCUT2D eigenvalue weighted by Gasteiger charge is -2.09. The van der Waals surface area contributed by atoms with Gasteiger partial charge >= 0.3 is 0 Å². The molecule has 27 heavy (non-hydrogen) atoms. The number of primary amides is 1. The highest BCUT2D eigenvalue weighted by Crippen LogP contribution is 2.26. The third kappa shape index (κ3) is 4.43. The summed E-state index contributed by atoms with van der Waals surface area (Å²) < 4.78 is 31.3. The van der Waals surface area contributed by atoms with Crippen molar-refractivity contribution in [2.45, 2.75) is 4.90 Å². The molecule has 0 atom stereocenters. The zero-order valence-corrected chi connectivity index (χ0v) is 15.1. The van der Waals surface area contributed by atoms with Crippen molar-refractivity contribution >= 4 is 21.8 Å². The number of rotatable bonds is 6. The summed E-state index contributed by atoms with van der Waals surface area (Å²) in [6.07, 6.45) is 1.27. The fourth-order valence-electron chi connectivity index (χ4n) is 2.42. The predicted octanol–water partition coefficient (Wildman–Crippen LogP) is 3.78. The Morgan fingerprint density at radius 2 is 1.30 bits per heavy atom. The number of sulfone groups is 1. The molecule has 1 amide bonds. The summed E-state index contributed by atoms with van der Waals surface area (Å²) in [7, 11) is -4.06. The Morgan fingerprint density at radius 3 is 1.85 bits per heavy atom. The van der Waals surface area contributed by atoms with Gasteiger partial charge < -0.3 is 10.5 Å².